The van der Waals surface area contributed by atoms with Crippen molar-refractivity contribution in [3.63, 3.8) is 0 Å². The number of carbonyl (C=O) groups excluding carboxylic acids is 1. The molecule has 2 aromatic rings. The lowest BCUT2D eigenvalue weighted by atomic mass is 10.1. The third kappa shape index (κ3) is 3.50. The number of carbonyl (C=O) groups is 1. The molecule has 0 aromatic carbocycles. The van der Waals surface area contributed by atoms with E-state index in [2.05, 4.69) is 19.9 Å². The zero-order chi connectivity index (χ0) is 17.9. The second kappa shape index (κ2) is 7.55. The van der Waals surface area contributed by atoms with Crippen molar-refractivity contribution in [3.8, 4) is 0 Å². The van der Waals surface area contributed by atoms with Crippen LogP contribution >= 0.6 is 11.6 Å². The first kappa shape index (κ1) is 17.2. The van der Waals surface area contributed by atoms with E-state index in [1.807, 2.05) is 6.07 Å². The number of morpholine rings is 1. The SMILES string of the molecule is O=C(c1ccncc1Cl)N1CCO[C@H](c2ccnc(N3CCCC3)n2)C1. The molecule has 4 rings (SSSR count). The van der Waals surface area contributed by atoms with Crippen LogP contribution in [-0.2, 0) is 4.74 Å². The Hall–Kier alpha value is -2.25. The molecule has 8 heteroatoms. The quantitative estimate of drug-likeness (QED) is 0.822. The smallest absolute Gasteiger partial charge is 0.255 e. The highest BCUT2D eigenvalue weighted by molar-refractivity contribution is 6.33. The number of halogens is 1. The third-order valence-corrected chi connectivity index (χ3v) is 5.04. The molecule has 1 amide bonds. The van der Waals surface area contributed by atoms with E-state index in [4.69, 9.17) is 16.3 Å². The van der Waals surface area contributed by atoms with E-state index in [0.29, 0.717) is 30.3 Å². The maximum Gasteiger partial charge on any atom is 0.255 e. The van der Waals surface area contributed by atoms with Gasteiger partial charge in [0, 0.05) is 38.2 Å². The second-order valence-corrected chi connectivity index (χ2v) is 6.85. The number of amides is 1. The Labute approximate surface area is 157 Å². The lowest BCUT2D eigenvalue weighted by molar-refractivity contribution is -0.0247. The molecule has 7 nitrogen and oxygen atoms in total. The molecular weight excluding hydrogens is 354 g/mol. The van der Waals surface area contributed by atoms with Crippen LogP contribution in [0.2, 0.25) is 5.02 Å². The fraction of sp³-hybridized carbons (Fsp3) is 0.444. The van der Waals surface area contributed by atoms with Crippen molar-refractivity contribution < 1.29 is 9.53 Å². The number of pyridine rings is 1. The molecule has 0 unspecified atom stereocenters. The van der Waals surface area contributed by atoms with Crippen molar-refractivity contribution in [1.82, 2.24) is 19.9 Å². The zero-order valence-corrected chi connectivity index (χ0v) is 15.1. The predicted octanol–water partition coefficient (Wildman–Crippen LogP) is 2.34. The first-order valence-electron chi connectivity index (χ1n) is 8.80. The van der Waals surface area contributed by atoms with Gasteiger partial charge in [-0.1, -0.05) is 11.6 Å². The lowest BCUT2D eigenvalue weighted by Crippen LogP contribution is -2.42. The van der Waals surface area contributed by atoms with Crippen molar-refractivity contribution in [3.05, 3.63) is 47.0 Å². The van der Waals surface area contributed by atoms with E-state index in [0.717, 1.165) is 24.7 Å². The molecule has 26 heavy (non-hydrogen) atoms. The van der Waals surface area contributed by atoms with E-state index in [-0.39, 0.29) is 12.0 Å². The Morgan fingerprint density at radius 3 is 2.85 bits per heavy atom. The van der Waals surface area contributed by atoms with Gasteiger partial charge in [0.15, 0.2) is 0 Å². The molecule has 0 spiro atoms. The Morgan fingerprint density at radius 2 is 2.04 bits per heavy atom. The molecule has 136 valence electrons. The van der Waals surface area contributed by atoms with E-state index in [1.54, 1.807) is 23.4 Å². The second-order valence-electron chi connectivity index (χ2n) is 6.44. The molecule has 1 atom stereocenters. The molecule has 2 saturated heterocycles. The number of aromatic nitrogens is 3. The molecule has 2 aliphatic heterocycles. The van der Waals surface area contributed by atoms with Gasteiger partial charge >= 0.3 is 0 Å². The van der Waals surface area contributed by atoms with Crippen LogP contribution in [0.25, 0.3) is 0 Å². The van der Waals surface area contributed by atoms with E-state index in [9.17, 15) is 4.79 Å². The Bertz CT molecular complexity index is 797. The van der Waals surface area contributed by atoms with Gasteiger partial charge in [-0.15, -0.1) is 0 Å². The Kier molecular flexibility index (Phi) is 4.99. The summed E-state index contributed by atoms with van der Waals surface area (Å²) in [6.45, 7) is 3.40. The van der Waals surface area contributed by atoms with Crippen LogP contribution in [0.5, 0.6) is 0 Å². The summed E-state index contributed by atoms with van der Waals surface area (Å²) < 4.78 is 5.88. The average Bonchev–Trinajstić information content (AvgIpc) is 3.23. The Balaban J connectivity index is 1.51. The summed E-state index contributed by atoms with van der Waals surface area (Å²) in [5.74, 6) is 0.628. The summed E-state index contributed by atoms with van der Waals surface area (Å²) in [5, 5.41) is 0.360. The molecule has 2 aliphatic rings. The molecule has 0 radical (unpaired) electrons. The largest absolute Gasteiger partial charge is 0.368 e. The van der Waals surface area contributed by atoms with Crippen LogP contribution in [0, 0.1) is 0 Å². The number of rotatable bonds is 3. The van der Waals surface area contributed by atoms with Gasteiger partial charge in [0.2, 0.25) is 5.95 Å². The van der Waals surface area contributed by atoms with Gasteiger partial charge in [-0.05, 0) is 25.0 Å². The molecule has 4 heterocycles. The Morgan fingerprint density at radius 1 is 1.19 bits per heavy atom. The van der Waals surface area contributed by atoms with Gasteiger partial charge < -0.3 is 14.5 Å². The fourth-order valence-electron chi connectivity index (χ4n) is 3.34. The van der Waals surface area contributed by atoms with E-state index in [1.165, 1.54) is 19.0 Å². The van der Waals surface area contributed by atoms with Crippen molar-refractivity contribution in [2.24, 2.45) is 0 Å². The van der Waals surface area contributed by atoms with E-state index < -0.39 is 0 Å². The molecule has 0 bridgehead atoms. The zero-order valence-electron chi connectivity index (χ0n) is 14.3. The first-order valence-corrected chi connectivity index (χ1v) is 9.18. The highest BCUT2D eigenvalue weighted by Crippen LogP contribution is 2.25. The molecule has 0 aliphatic carbocycles. The third-order valence-electron chi connectivity index (χ3n) is 4.74. The maximum absolute atomic E-state index is 12.8. The molecular formula is C18H20ClN5O2. The number of ether oxygens (including phenoxy) is 1. The van der Waals surface area contributed by atoms with Gasteiger partial charge in [-0.3, -0.25) is 9.78 Å². The number of anilines is 1. The minimum absolute atomic E-state index is 0.112. The fourth-order valence-corrected chi connectivity index (χ4v) is 3.54. The number of hydrogen-bond acceptors (Lipinski definition) is 6. The van der Waals surface area contributed by atoms with Gasteiger partial charge in [0.1, 0.15) is 6.10 Å². The van der Waals surface area contributed by atoms with Crippen LogP contribution < -0.4 is 4.90 Å². The summed E-state index contributed by atoms with van der Waals surface area (Å²) in [7, 11) is 0. The minimum Gasteiger partial charge on any atom is -0.368 e. The molecule has 2 aromatic heterocycles. The summed E-state index contributed by atoms with van der Waals surface area (Å²) in [5.41, 5.74) is 1.27. The van der Waals surface area contributed by atoms with Gasteiger partial charge in [0.05, 0.1) is 29.4 Å². The van der Waals surface area contributed by atoms with Crippen LogP contribution in [0.15, 0.2) is 30.7 Å². The highest BCUT2D eigenvalue weighted by atomic mass is 35.5. The highest BCUT2D eigenvalue weighted by Gasteiger charge is 2.28. The molecule has 0 saturated carbocycles. The summed E-state index contributed by atoms with van der Waals surface area (Å²) in [6, 6.07) is 3.50. The maximum atomic E-state index is 12.8. The lowest BCUT2D eigenvalue weighted by Gasteiger charge is -2.33. The monoisotopic (exact) mass is 373 g/mol. The standard InChI is InChI=1S/C18H20ClN5O2/c19-14-11-20-5-3-13(14)17(25)24-9-10-26-16(12-24)15-4-6-21-18(22-15)23-7-1-2-8-23/h3-6,11,16H,1-2,7-10,12H2/t16-/m0/s1. The van der Waals surface area contributed by atoms with Crippen molar-refractivity contribution in [2.45, 2.75) is 18.9 Å². The normalized spacial score (nSPS) is 20.4. The minimum atomic E-state index is -0.266. The molecule has 0 N–H and O–H groups in total. The molecule has 2 fully saturated rings. The van der Waals surface area contributed by atoms with Crippen LogP contribution in [0.4, 0.5) is 5.95 Å². The van der Waals surface area contributed by atoms with Crippen LogP contribution in [0.3, 0.4) is 0 Å². The van der Waals surface area contributed by atoms with Gasteiger partial charge in [-0.2, -0.15) is 0 Å². The first-order chi connectivity index (χ1) is 12.7. The summed E-state index contributed by atoms with van der Waals surface area (Å²) in [6.07, 6.45) is 6.89. The van der Waals surface area contributed by atoms with Crippen molar-refractivity contribution in [2.75, 3.05) is 37.7 Å². The van der Waals surface area contributed by atoms with Crippen LogP contribution in [-0.4, -0.2) is 58.5 Å². The predicted molar refractivity (Wildman–Crippen MR) is 97.3 cm³/mol. The van der Waals surface area contributed by atoms with Gasteiger partial charge in [-0.25, -0.2) is 9.97 Å². The number of nitrogens with zero attached hydrogens (tertiary/aromatic N) is 5. The van der Waals surface area contributed by atoms with E-state index >= 15 is 0 Å². The van der Waals surface area contributed by atoms with Crippen molar-refractivity contribution in [1.29, 1.82) is 0 Å². The summed E-state index contributed by atoms with van der Waals surface area (Å²) in [4.78, 5) is 29.7. The van der Waals surface area contributed by atoms with Gasteiger partial charge in [0.25, 0.3) is 5.91 Å². The number of hydrogen-bond donors (Lipinski definition) is 0. The average molecular weight is 374 g/mol. The topological polar surface area (TPSA) is 71.5 Å². The van der Waals surface area contributed by atoms with Crippen LogP contribution in [0.1, 0.15) is 35.0 Å². The summed E-state index contributed by atoms with van der Waals surface area (Å²) >= 11 is 6.12. The van der Waals surface area contributed by atoms with Crippen molar-refractivity contribution >= 4 is 23.5 Å².